The second kappa shape index (κ2) is 7.55. The highest BCUT2D eigenvalue weighted by atomic mass is 15.1. The van der Waals surface area contributed by atoms with Crippen molar-refractivity contribution in [2.24, 2.45) is 0 Å². The van der Waals surface area contributed by atoms with Gasteiger partial charge in [0.05, 0.1) is 6.33 Å². The van der Waals surface area contributed by atoms with Crippen molar-refractivity contribution in [2.45, 2.75) is 13.8 Å². The van der Waals surface area contributed by atoms with E-state index in [4.69, 9.17) is 0 Å². The van der Waals surface area contributed by atoms with Gasteiger partial charge in [-0.2, -0.15) is 0 Å². The van der Waals surface area contributed by atoms with Gasteiger partial charge < -0.3 is 9.47 Å². The van der Waals surface area contributed by atoms with Crippen molar-refractivity contribution in [3.8, 4) is 0 Å². The Hall–Kier alpha value is -1.09. The molecule has 0 fully saturated rings. The quantitative estimate of drug-likeness (QED) is 0.710. The number of nitrogens with zero attached hydrogens (tertiary/aromatic N) is 3. The van der Waals surface area contributed by atoms with Crippen molar-refractivity contribution in [2.75, 3.05) is 20.1 Å². The summed E-state index contributed by atoms with van der Waals surface area (Å²) in [6.07, 6.45) is 6.91. The van der Waals surface area contributed by atoms with Gasteiger partial charge in [0, 0.05) is 18.6 Å². The van der Waals surface area contributed by atoms with Crippen LogP contribution in [0.15, 0.2) is 25.3 Å². The first-order chi connectivity index (χ1) is 6.24. The number of rotatable bonds is 3. The Bertz CT molecular complexity index is 200. The van der Waals surface area contributed by atoms with Crippen LogP contribution in [0.2, 0.25) is 0 Å². The largest absolute Gasteiger partial charge is 0.314 e. The topological polar surface area (TPSA) is 21.1 Å². The van der Waals surface area contributed by atoms with Crippen LogP contribution in [0.4, 0.5) is 0 Å². The summed E-state index contributed by atoms with van der Waals surface area (Å²) in [5.41, 5.74) is 0. The maximum absolute atomic E-state index is 3.78. The fourth-order valence-electron chi connectivity index (χ4n) is 0.601. The van der Waals surface area contributed by atoms with Crippen LogP contribution in [0.1, 0.15) is 13.8 Å². The molecule has 3 nitrogen and oxygen atoms in total. The van der Waals surface area contributed by atoms with Crippen LogP contribution < -0.4 is 0 Å². The molecule has 74 valence electrons. The summed E-state index contributed by atoms with van der Waals surface area (Å²) >= 11 is 0. The van der Waals surface area contributed by atoms with E-state index in [1.807, 2.05) is 6.20 Å². The molecule has 0 bridgehead atoms. The molecule has 0 unspecified atom stereocenters. The van der Waals surface area contributed by atoms with E-state index in [1.165, 1.54) is 0 Å². The summed E-state index contributed by atoms with van der Waals surface area (Å²) < 4.78 is 1.78. The zero-order valence-corrected chi connectivity index (χ0v) is 8.77. The van der Waals surface area contributed by atoms with Crippen LogP contribution in [0.25, 0.3) is 6.20 Å². The van der Waals surface area contributed by atoms with E-state index in [9.17, 15) is 0 Å². The van der Waals surface area contributed by atoms with E-state index >= 15 is 0 Å². The van der Waals surface area contributed by atoms with Crippen LogP contribution >= 0.6 is 0 Å². The fraction of sp³-hybridized carbons (Fsp3) is 0.500. The molecule has 0 aliphatic rings. The molecule has 0 saturated carbocycles. The van der Waals surface area contributed by atoms with Crippen molar-refractivity contribution >= 4 is 6.20 Å². The lowest BCUT2D eigenvalue weighted by Gasteiger charge is -2.07. The summed E-state index contributed by atoms with van der Waals surface area (Å²) in [7, 11) is 2.11. The maximum atomic E-state index is 3.78. The van der Waals surface area contributed by atoms with Crippen LogP contribution in [-0.4, -0.2) is 34.6 Å². The number of imidazole rings is 1. The zero-order valence-electron chi connectivity index (χ0n) is 8.77. The Balaban J connectivity index is 0.000000226. The molecule has 1 rings (SSSR count). The fourth-order valence-corrected chi connectivity index (χ4v) is 0.601. The van der Waals surface area contributed by atoms with Crippen molar-refractivity contribution in [1.29, 1.82) is 0 Å². The molecule has 1 aromatic heterocycles. The van der Waals surface area contributed by atoms with Gasteiger partial charge in [0.1, 0.15) is 0 Å². The first-order valence-electron chi connectivity index (χ1n) is 4.53. The highest BCUT2D eigenvalue weighted by Gasteiger charge is 1.81. The van der Waals surface area contributed by atoms with Gasteiger partial charge in [-0.15, -0.1) is 0 Å². The van der Waals surface area contributed by atoms with Gasteiger partial charge >= 0.3 is 0 Å². The molecule has 3 heteroatoms. The molecule has 0 atom stereocenters. The summed E-state index contributed by atoms with van der Waals surface area (Å²) in [5.74, 6) is 0. The van der Waals surface area contributed by atoms with E-state index in [2.05, 4.69) is 37.4 Å². The number of hydrogen-bond donors (Lipinski definition) is 0. The molecule has 1 aromatic rings. The molecule has 0 aromatic carbocycles. The lowest BCUT2D eigenvalue weighted by atomic mass is 10.6. The average Bonchev–Trinajstić information content (AvgIpc) is 2.70. The lowest BCUT2D eigenvalue weighted by molar-refractivity contribution is 0.373. The molecule has 0 radical (unpaired) electrons. The van der Waals surface area contributed by atoms with E-state index in [0.717, 1.165) is 13.1 Å². The van der Waals surface area contributed by atoms with Gasteiger partial charge in [-0.25, -0.2) is 4.98 Å². The van der Waals surface area contributed by atoms with Crippen LogP contribution in [-0.2, 0) is 0 Å². The molecule has 0 spiro atoms. The van der Waals surface area contributed by atoms with E-state index in [1.54, 1.807) is 23.3 Å². The minimum atomic E-state index is 1.16. The van der Waals surface area contributed by atoms with Crippen LogP contribution in [0, 0.1) is 0 Å². The van der Waals surface area contributed by atoms with Crippen LogP contribution in [0.5, 0.6) is 0 Å². The molecule has 0 N–H and O–H groups in total. The third kappa shape index (κ3) is 6.11. The first-order valence-corrected chi connectivity index (χ1v) is 4.53. The summed E-state index contributed by atoms with van der Waals surface area (Å²) in [5, 5.41) is 0. The monoisotopic (exact) mass is 181 g/mol. The molecule has 13 heavy (non-hydrogen) atoms. The zero-order chi connectivity index (χ0) is 10.1. The second-order valence-corrected chi connectivity index (χ2v) is 2.68. The van der Waals surface area contributed by atoms with Gasteiger partial charge in [0.15, 0.2) is 0 Å². The Morgan fingerprint density at radius 2 is 2.08 bits per heavy atom. The Kier molecular flexibility index (Phi) is 6.92. The third-order valence-corrected chi connectivity index (χ3v) is 1.82. The van der Waals surface area contributed by atoms with E-state index in [-0.39, 0.29) is 0 Å². The Labute approximate surface area is 80.7 Å². The minimum absolute atomic E-state index is 1.16. The molecule has 0 aliphatic carbocycles. The smallest absolute Gasteiger partial charge is 0.0986 e. The summed E-state index contributed by atoms with van der Waals surface area (Å²) in [4.78, 5) is 6.03. The van der Waals surface area contributed by atoms with Crippen molar-refractivity contribution in [3.63, 3.8) is 0 Å². The van der Waals surface area contributed by atoms with Gasteiger partial charge in [-0.1, -0.05) is 20.4 Å². The standard InChI is InChI=1S/C5H6N2.C5H13N/c1-2-7-4-3-6-5-7;1-4-6(3)5-2/h2-5H,1H2;4-5H2,1-3H3. The average molecular weight is 181 g/mol. The van der Waals surface area contributed by atoms with Gasteiger partial charge in [-0.05, 0) is 20.1 Å². The maximum Gasteiger partial charge on any atom is 0.0986 e. The minimum Gasteiger partial charge on any atom is -0.314 e. The van der Waals surface area contributed by atoms with Crippen LogP contribution in [0.3, 0.4) is 0 Å². The summed E-state index contributed by atoms with van der Waals surface area (Å²) in [6, 6.07) is 0. The van der Waals surface area contributed by atoms with Gasteiger partial charge in [0.25, 0.3) is 0 Å². The predicted molar refractivity (Wildman–Crippen MR) is 57.5 cm³/mol. The SMILES string of the molecule is C=Cn1ccnc1.CCN(C)CC. The summed E-state index contributed by atoms with van der Waals surface area (Å²) in [6.45, 7) is 10.2. The normalized spacial score (nSPS) is 9.23. The van der Waals surface area contributed by atoms with Crippen molar-refractivity contribution in [1.82, 2.24) is 14.5 Å². The first kappa shape index (κ1) is 11.9. The molecule has 1 heterocycles. The van der Waals surface area contributed by atoms with Gasteiger partial charge in [-0.3, -0.25) is 0 Å². The predicted octanol–water partition coefficient (Wildman–Crippen LogP) is 1.94. The number of aromatic nitrogens is 2. The Morgan fingerprint density at radius 3 is 2.23 bits per heavy atom. The molecule has 0 amide bonds. The highest BCUT2D eigenvalue weighted by Crippen LogP contribution is 1.81. The Morgan fingerprint density at radius 1 is 1.46 bits per heavy atom. The lowest BCUT2D eigenvalue weighted by Crippen LogP contribution is -2.15. The molecule has 0 aliphatic heterocycles. The van der Waals surface area contributed by atoms with Crippen molar-refractivity contribution in [3.05, 3.63) is 25.3 Å². The second-order valence-electron chi connectivity index (χ2n) is 2.68. The highest BCUT2D eigenvalue weighted by molar-refractivity contribution is 5.14. The van der Waals surface area contributed by atoms with E-state index in [0.29, 0.717) is 0 Å². The van der Waals surface area contributed by atoms with Crippen molar-refractivity contribution < 1.29 is 0 Å². The molecular weight excluding hydrogens is 162 g/mol. The molecular formula is C10H19N3. The third-order valence-electron chi connectivity index (χ3n) is 1.82. The molecule has 0 saturated heterocycles. The van der Waals surface area contributed by atoms with E-state index < -0.39 is 0 Å². The number of hydrogen-bond acceptors (Lipinski definition) is 2. The van der Waals surface area contributed by atoms with Gasteiger partial charge in [0.2, 0.25) is 0 Å².